The summed E-state index contributed by atoms with van der Waals surface area (Å²) in [6.45, 7) is 3.99. The van der Waals surface area contributed by atoms with Crippen LogP contribution in [0.5, 0.6) is 0 Å². The molecule has 0 saturated heterocycles. The highest BCUT2D eigenvalue weighted by molar-refractivity contribution is 5.69. The minimum absolute atomic E-state index is 0.0360. The number of anilines is 2. The normalized spacial score (nSPS) is 23.5. The number of hydrogen-bond donors (Lipinski definition) is 3. The average Bonchev–Trinajstić information content (AvgIpc) is 3.01. The van der Waals surface area contributed by atoms with Crippen LogP contribution in [0.1, 0.15) is 56.2 Å². The fraction of sp³-hybridized carbons (Fsp3) is 0.556. The fourth-order valence-corrected chi connectivity index (χ4v) is 3.33. The Morgan fingerprint density at radius 3 is 3.00 bits per heavy atom. The number of nitrogens with zero attached hydrogens (tertiary/aromatic N) is 3. The van der Waals surface area contributed by atoms with Crippen molar-refractivity contribution in [3.05, 3.63) is 29.8 Å². The van der Waals surface area contributed by atoms with Gasteiger partial charge in [-0.2, -0.15) is 5.10 Å². The Bertz CT molecular complexity index is 800. The largest absolute Gasteiger partial charge is 0.446 e. The molecule has 0 radical (unpaired) electrons. The van der Waals surface area contributed by atoms with Gasteiger partial charge in [-0.3, -0.25) is 5.10 Å². The number of aromatic amines is 1. The molecule has 138 valence electrons. The molecule has 0 spiro atoms. The molecule has 1 amide bonds. The lowest BCUT2D eigenvalue weighted by atomic mass is 10.0. The van der Waals surface area contributed by atoms with Gasteiger partial charge in [-0.25, -0.2) is 14.8 Å². The third-order valence-electron chi connectivity index (χ3n) is 5.24. The van der Waals surface area contributed by atoms with E-state index in [1.165, 1.54) is 6.33 Å². The van der Waals surface area contributed by atoms with E-state index in [1.54, 1.807) is 6.20 Å². The Balaban J connectivity index is 1.32. The Morgan fingerprint density at radius 2 is 2.23 bits per heavy atom. The first-order chi connectivity index (χ1) is 12.5. The molecule has 0 bridgehead atoms. The lowest BCUT2D eigenvalue weighted by Gasteiger charge is -2.16. The summed E-state index contributed by atoms with van der Waals surface area (Å²) >= 11 is 0. The molecular formula is C18H24N6O2. The van der Waals surface area contributed by atoms with Gasteiger partial charge < -0.3 is 15.4 Å². The summed E-state index contributed by atoms with van der Waals surface area (Å²) in [6.07, 6.45) is 7.68. The van der Waals surface area contributed by atoms with Crippen LogP contribution in [0, 0.1) is 6.92 Å². The molecule has 0 aromatic carbocycles. The number of aromatic nitrogens is 4. The van der Waals surface area contributed by atoms with Gasteiger partial charge in [-0.05, 0) is 46.0 Å². The third-order valence-corrected chi connectivity index (χ3v) is 5.24. The molecule has 2 heterocycles. The number of carbonyl (C=O) groups excluding carboxylic acids is 1. The quantitative estimate of drug-likeness (QED) is 0.760. The number of nitrogens with one attached hydrogen (secondary N) is 3. The molecule has 26 heavy (non-hydrogen) atoms. The molecule has 2 aromatic rings. The van der Waals surface area contributed by atoms with Gasteiger partial charge in [-0.15, -0.1) is 0 Å². The van der Waals surface area contributed by atoms with Gasteiger partial charge in [0, 0.05) is 35.0 Å². The second kappa shape index (κ2) is 6.59. The summed E-state index contributed by atoms with van der Waals surface area (Å²) in [6, 6.07) is 2.00. The van der Waals surface area contributed by atoms with Crippen molar-refractivity contribution in [1.82, 2.24) is 25.5 Å². The van der Waals surface area contributed by atoms with Crippen LogP contribution < -0.4 is 10.6 Å². The lowest BCUT2D eigenvalue weighted by Crippen LogP contribution is -2.36. The van der Waals surface area contributed by atoms with Gasteiger partial charge in [0.15, 0.2) is 5.82 Å². The highest BCUT2D eigenvalue weighted by atomic mass is 16.6. The molecule has 2 aliphatic carbocycles. The van der Waals surface area contributed by atoms with Gasteiger partial charge in [-0.1, -0.05) is 0 Å². The van der Waals surface area contributed by atoms with Crippen LogP contribution >= 0.6 is 0 Å². The Labute approximate surface area is 152 Å². The van der Waals surface area contributed by atoms with Gasteiger partial charge in [0.1, 0.15) is 18.2 Å². The average molecular weight is 356 g/mol. The first-order valence-electron chi connectivity index (χ1n) is 9.08. The van der Waals surface area contributed by atoms with E-state index in [0.29, 0.717) is 5.92 Å². The van der Waals surface area contributed by atoms with E-state index >= 15 is 0 Å². The molecule has 0 aliphatic heterocycles. The molecule has 8 nitrogen and oxygen atoms in total. The Kier molecular flexibility index (Phi) is 4.26. The molecule has 0 unspecified atom stereocenters. The topological polar surface area (TPSA) is 105 Å². The predicted octanol–water partition coefficient (Wildman–Crippen LogP) is 3.17. The van der Waals surface area contributed by atoms with Gasteiger partial charge in [0.05, 0.1) is 0 Å². The van der Waals surface area contributed by atoms with Crippen LogP contribution in [0.2, 0.25) is 0 Å². The number of aryl methyl sites for hydroxylation is 1. The molecule has 2 fully saturated rings. The number of carbonyl (C=O) groups is 1. The van der Waals surface area contributed by atoms with E-state index in [2.05, 4.69) is 30.8 Å². The molecule has 4 rings (SSSR count). The number of hydrogen-bond acceptors (Lipinski definition) is 6. The second-order valence-electron chi connectivity index (χ2n) is 7.61. The summed E-state index contributed by atoms with van der Waals surface area (Å²) in [5.74, 6) is 1.79. The summed E-state index contributed by atoms with van der Waals surface area (Å²) in [7, 11) is 0. The highest BCUT2D eigenvalue weighted by Crippen LogP contribution is 2.37. The number of rotatable bonds is 5. The van der Waals surface area contributed by atoms with Crippen molar-refractivity contribution in [2.24, 2.45) is 0 Å². The lowest BCUT2D eigenvalue weighted by molar-refractivity contribution is 0.0967. The van der Waals surface area contributed by atoms with E-state index in [0.717, 1.165) is 55.0 Å². The van der Waals surface area contributed by atoms with E-state index < -0.39 is 0 Å². The van der Waals surface area contributed by atoms with Crippen LogP contribution in [-0.4, -0.2) is 37.9 Å². The van der Waals surface area contributed by atoms with Crippen molar-refractivity contribution in [1.29, 1.82) is 0 Å². The highest BCUT2D eigenvalue weighted by Gasteiger charge is 2.40. The minimum atomic E-state index is -0.290. The van der Waals surface area contributed by atoms with Crippen molar-refractivity contribution < 1.29 is 9.53 Å². The SMILES string of the molecule is Cc1cncnc1Nc1cc([C@H]2CC[C@@H](OC(=O)NC3(C)CC3)C2)[nH]n1. The summed E-state index contributed by atoms with van der Waals surface area (Å²) in [5.41, 5.74) is 1.97. The molecule has 3 N–H and O–H groups in total. The molecule has 2 atom stereocenters. The predicted molar refractivity (Wildman–Crippen MR) is 96.3 cm³/mol. The third kappa shape index (κ3) is 3.79. The number of H-pyrrole nitrogens is 1. The maximum Gasteiger partial charge on any atom is 0.407 e. The summed E-state index contributed by atoms with van der Waals surface area (Å²) in [5, 5.41) is 13.6. The molecule has 2 aromatic heterocycles. The smallest absolute Gasteiger partial charge is 0.407 e. The minimum Gasteiger partial charge on any atom is -0.446 e. The maximum atomic E-state index is 12.0. The molecule has 2 aliphatic rings. The zero-order chi connectivity index (χ0) is 18.1. The fourth-order valence-electron chi connectivity index (χ4n) is 3.33. The van der Waals surface area contributed by atoms with Crippen LogP contribution in [0.3, 0.4) is 0 Å². The first kappa shape index (κ1) is 16.8. The zero-order valence-electron chi connectivity index (χ0n) is 15.1. The molecule has 8 heteroatoms. The van der Waals surface area contributed by atoms with Gasteiger partial charge >= 0.3 is 6.09 Å². The first-order valence-corrected chi connectivity index (χ1v) is 9.08. The van der Waals surface area contributed by atoms with Crippen molar-refractivity contribution in [2.45, 2.75) is 63.5 Å². The van der Waals surface area contributed by atoms with Crippen molar-refractivity contribution in [2.75, 3.05) is 5.32 Å². The van der Waals surface area contributed by atoms with Crippen molar-refractivity contribution >= 4 is 17.7 Å². The van der Waals surface area contributed by atoms with E-state index in [9.17, 15) is 4.79 Å². The maximum absolute atomic E-state index is 12.0. The standard InChI is InChI=1S/C18H24N6O2/c1-11-9-19-10-20-16(11)21-15-8-14(23-24-15)12-3-4-13(7-12)26-17(25)22-18(2)5-6-18/h8-10,12-13H,3-7H2,1-2H3,(H,22,25)(H2,19,20,21,23,24)/t12-,13+/m0/s1. The summed E-state index contributed by atoms with van der Waals surface area (Å²) < 4.78 is 5.58. The monoisotopic (exact) mass is 356 g/mol. The Hall–Kier alpha value is -2.64. The second-order valence-corrected chi connectivity index (χ2v) is 7.61. The van der Waals surface area contributed by atoms with Gasteiger partial charge in [0.2, 0.25) is 0 Å². The van der Waals surface area contributed by atoms with Crippen LogP contribution in [0.4, 0.5) is 16.4 Å². The molecular weight excluding hydrogens is 332 g/mol. The van der Waals surface area contributed by atoms with Crippen molar-refractivity contribution in [3.63, 3.8) is 0 Å². The Morgan fingerprint density at radius 1 is 1.38 bits per heavy atom. The van der Waals surface area contributed by atoms with E-state index in [-0.39, 0.29) is 17.7 Å². The van der Waals surface area contributed by atoms with E-state index in [1.807, 2.05) is 19.9 Å². The van der Waals surface area contributed by atoms with Crippen molar-refractivity contribution in [3.8, 4) is 0 Å². The number of amides is 1. The van der Waals surface area contributed by atoms with E-state index in [4.69, 9.17) is 4.74 Å². The van der Waals surface area contributed by atoms with Gasteiger partial charge in [0.25, 0.3) is 0 Å². The number of alkyl carbamates (subject to hydrolysis) is 1. The van der Waals surface area contributed by atoms with Crippen LogP contribution in [-0.2, 0) is 4.74 Å². The van der Waals surface area contributed by atoms with Crippen LogP contribution in [0.15, 0.2) is 18.6 Å². The zero-order valence-corrected chi connectivity index (χ0v) is 15.1. The van der Waals surface area contributed by atoms with Crippen LogP contribution in [0.25, 0.3) is 0 Å². The summed E-state index contributed by atoms with van der Waals surface area (Å²) in [4.78, 5) is 20.2. The molecule has 2 saturated carbocycles. The number of ether oxygens (including phenoxy) is 1.